The van der Waals surface area contributed by atoms with Crippen molar-refractivity contribution in [2.75, 3.05) is 6.61 Å². The first-order valence-corrected chi connectivity index (χ1v) is 13.5. The van der Waals surface area contributed by atoms with Gasteiger partial charge in [-0.3, -0.25) is 0 Å². The van der Waals surface area contributed by atoms with Gasteiger partial charge < -0.3 is 4.43 Å². The van der Waals surface area contributed by atoms with Crippen LogP contribution in [0.15, 0.2) is 24.3 Å². The summed E-state index contributed by atoms with van der Waals surface area (Å²) >= 11 is 6.00. The van der Waals surface area contributed by atoms with E-state index in [1.165, 1.54) is 5.56 Å². The first kappa shape index (κ1) is 16.0. The van der Waals surface area contributed by atoms with Crippen LogP contribution in [-0.2, 0) is 4.43 Å². The molecule has 18 heavy (non-hydrogen) atoms. The fraction of sp³-hybridized carbons (Fsp3) is 0.571. The molecule has 0 aromatic heterocycles. The largest absolute Gasteiger partial charge is 0.417 e. The van der Waals surface area contributed by atoms with Gasteiger partial charge in [-0.15, -0.1) is 0 Å². The third kappa shape index (κ3) is 3.95. The molecule has 1 aromatic rings. The predicted molar refractivity (Wildman–Crippen MR) is 86.6 cm³/mol. The molecule has 0 fully saturated rings. The fourth-order valence-corrected chi connectivity index (χ4v) is 14.9. The second kappa shape index (κ2) is 5.91. The minimum Gasteiger partial charge on any atom is -0.417 e. The average molecular weight is 301 g/mol. The van der Waals surface area contributed by atoms with Crippen LogP contribution in [0.4, 0.5) is 0 Å². The average Bonchev–Trinajstić information content (AvgIpc) is 2.18. The SMILES string of the molecule is CCO[Si](C)(C)C(c1ccc(Cl)cc1)[Si](C)(C)C. The summed E-state index contributed by atoms with van der Waals surface area (Å²) in [5.74, 6) is 0. The van der Waals surface area contributed by atoms with Gasteiger partial charge in [-0.25, -0.2) is 0 Å². The molecule has 0 saturated carbocycles. The van der Waals surface area contributed by atoms with E-state index in [1.54, 1.807) is 0 Å². The van der Waals surface area contributed by atoms with Crippen LogP contribution in [0.2, 0.25) is 37.8 Å². The number of benzene rings is 1. The Morgan fingerprint density at radius 1 is 1.06 bits per heavy atom. The van der Waals surface area contributed by atoms with Crippen LogP contribution >= 0.6 is 11.6 Å². The van der Waals surface area contributed by atoms with Crippen LogP contribution in [0.1, 0.15) is 17.7 Å². The second-order valence-corrected chi connectivity index (χ2v) is 16.8. The van der Waals surface area contributed by atoms with E-state index in [4.69, 9.17) is 16.0 Å². The topological polar surface area (TPSA) is 9.23 Å². The lowest BCUT2D eigenvalue weighted by Gasteiger charge is -2.40. The molecule has 1 nitrogen and oxygen atoms in total. The van der Waals surface area contributed by atoms with Crippen molar-refractivity contribution in [3.8, 4) is 0 Å². The summed E-state index contributed by atoms with van der Waals surface area (Å²) < 4.78 is 6.14. The molecule has 0 saturated heterocycles. The zero-order chi connectivity index (χ0) is 14.0. The molecule has 0 amide bonds. The molecule has 0 spiro atoms. The molecule has 0 bridgehead atoms. The van der Waals surface area contributed by atoms with Crippen molar-refractivity contribution < 1.29 is 4.43 Å². The van der Waals surface area contributed by atoms with E-state index < -0.39 is 16.4 Å². The maximum atomic E-state index is 6.14. The first-order chi connectivity index (χ1) is 8.18. The van der Waals surface area contributed by atoms with Crippen LogP contribution in [0.3, 0.4) is 0 Å². The molecular weight excluding hydrogens is 276 g/mol. The van der Waals surface area contributed by atoms with Crippen molar-refractivity contribution >= 4 is 28.0 Å². The summed E-state index contributed by atoms with van der Waals surface area (Å²) in [5, 5.41) is 1.41. The van der Waals surface area contributed by atoms with Gasteiger partial charge in [0.25, 0.3) is 0 Å². The molecule has 1 unspecified atom stereocenters. The molecule has 1 atom stereocenters. The summed E-state index contributed by atoms with van der Waals surface area (Å²) in [6, 6.07) is 8.36. The molecule has 0 heterocycles. The van der Waals surface area contributed by atoms with Crippen molar-refractivity contribution in [2.24, 2.45) is 0 Å². The lowest BCUT2D eigenvalue weighted by Crippen LogP contribution is -2.50. The van der Waals surface area contributed by atoms with Gasteiger partial charge in [0.05, 0.1) is 8.07 Å². The molecular formula is C14H25ClOSi2. The molecule has 4 heteroatoms. The Morgan fingerprint density at radius 2 is 1.56 bits per heavy atom. The Bertz CT molecular complexity index is 382. The Morgan fingerprint density at radius 3 is 1.94 bits per heavy atom. The molecule has 1 rings (SSSR count). The van der Waals surface area contributed by atoms with E-state index in [0.29, 0.717) is 5.16 Å². The highest BCUT2D eigenvalue weighted by atomic mass is 35.5. The van der Waals surface area contributed by atoms with E-state index in [0.717, 1.165) is 11.6 Å². The summed E-state index contributed by atoms with van der Waals surface area (Å²) in [7, 11) is -3.03. The van der Waals surface area contributed by atoms with Crippen LogP contribution in [0.5, 0.6) is 0 Å². The smallest absolute Gasteiger partial charge is 0.191 e. The highest BCUT2D eigenvalue weighted by molar-refractivity contribution is 6.94. The zero-order valence-electron chi connectivity index (χ0n) is 12.4. The lowest BCUT2D eigenvalue weighted by molar-refractivity contribution is 0.326. The monoisotopic (exact) mass is 300 g/mol. The quantitative estimate of drug-likeness (QED) is 0.689. The van der Waals surface area contributed by atoms with Gasteiger partial charge in [0.15, 0.2) is 8.32 Å². The number of hydrogen-bond acceptors (Lipinski definition) is 1. The van der Waals surface area contributed by atoms with E-state index >= 15 is 0 Å². The van der Waals surface area contributed by atoms with E-state index in [1.807, 2.05) is 12.1 Å². The summed E-state index contributed by atoms with van der Waals surface area (Å²) in [6.07, 6.45) is 0. The maximum absolute atomic E-state index is 6.14. The molecule has 1 aromatic carbocycles. The Kier molecular flexibility index (Phi) is 5.24. The van der Waals surface area contributed by atoms with Crippen molar-refractivity contribution in [2.45, 2.75) is 44.8 Å². The van der Waals surface area contributed by atoms with Crippen molar-refractivity contribution in [3.05, 3.63) is 34.9 Å². The Labute approximate surface area is 119 Å². The first-order valence-electron chi connectivity index (χ1n) is 6.58. The Balaban J connectivity index is 3.18. The fourth-order valence-electron chi connectivity index (χ4n) is 3.05. The van der Waals surface area contributed by atoms with Crippen molar-refractivity contribution in [1.29, 1.82) is 0 Å². The van der Waals surface area contributed by atoms with Crippen molar-refractivity contribution in [1.82, 2.24) is 0 Å². The van der Waals surface area contributed by atoms with Gasteiger partial charge in [0.1, 0.15) is 0 Å². The third-order valence-corrected chi connectivity index (χ3v) is 13.0. The minimum absolute atomic E-state index is 0.599. The third-order valence-electron chi connectivity index (χ3n) is 3.28. The standard InChI is InChI=1S/C14H25ClOSi2/c1-7-16-18(5,6)14(17(2,3)4)12-8-10-13(15)11-9-12/h8-11,14H,7H2,1-6H3. The number of hydrogen-bond donors (Lipinski definition) is 0. The minimum atomic E-state index is -1.71. The van der Waals surface area contributed by atoms with Crippen LogP contribution in [-0.4, -0.2) is 23.0 Å². The summed E-state index contributed by atoms with van der Waals surface area (Å²) in [5.41, 5.74) is 1.41. The highest BCUT2D eigenvalue weighted by Gasteiger charge is 2.43. The molecule has 0 N–H and O–H groups in total. The molecule has 102 valence electrons. The second-order valence-electron chi connectivity index (χ2n) is 6.39. The summed E-state index contributed by atoms with van der Waals surface area (Å²) in [4.78, 5) is 0. The maximum Gasteiger partial charge on any atom is 0.191 e. The molecule has 0 aliphatic rings. The lowest BCUT2D eigenvalue weighted by atomic mass is 10.2. The van der Waals surface area contributed by atoms with Crippen molar-refractivity contribution in [3.63, 3.8) is 0 Å². The van der Waals surface area contributed by atoms with E-state index in [-0.39, 0.29) is 0 Å². The van der Waals surface area contributed by atoms with E-state index in [2.05, 4.69) is 51.8 Å². The van der Waals surface area contributed by atoms with E-state index in [9.17, 15) is 0 Å². The normalized spacial score (nSPS) is 14.6. The van der Waals surface area contributed by atoms with Gasteiger partial charge >= 0.3 is 0 Å². The molecule has 0 aliphatic heterocycles. The molecule has 0 radical (unpaired) electrons. The molecule has 0 aliphatic carbocycles. The van der Waals surface area contributed by atoms with Gasteiger partial charge in [-0.05, 0) is 42.9 Å². The van der Waals surface area contributed by atoms with Crippen LogP contribution < -0.4 is 0 Å². The highest BCUT2D eigenvalue weighted by Crippen LogP contribution is 2.36. The van der Waals surface area contributed by atoms with Gasteiger partial charge in [-0.2, -0.15) is 0 Å². The number of rotatable bonds is 5. The van der Waals surface area contributed by atoms with Gasteiger partial charge in [0.2, 0.25) is 0 Å². The predicted octanol–water partition coefficient (Wildman–Crippen LogP) is 5.08. The van der Waals surface area contributed by atoms with Crippen LogP contribution in [0, 0.1) is 0 Å². The van der Waals surface area contributed by atoms with Crippen LogP contribution in [0.25, 0.3) is 0 Å². The zero-order valence-corrected chi connectivity index (χ0v) is 15.1. The van der Waals surface area contributed by atoms with Gasteiger partial charge in [0, 0.05) is 11.6 Å². The Hall–Kier alpha value is -0.0962. The van der Waals surface area contributed by atoms with Gasteiger partial charge in [-0.1, -0.05) is 43.4 Å². The summed E-state index contributed by atoms with van der Waals surface area (Å²) in [6.45, 7) is 14.9. The number of halogens is 1.